The van der Waals surface area contributed by atoms with Crippen molar-refractivity contribution in [1.29, 1.82) is 0 Å². The first-order chi connectivity index (χ1) is 12.7. The molecule has 0 atom stereocenters. The number of rotatable bonds is 4. The fourth-order valence-corrected chi connectivity index (χ4v) is 3.33. The number of aromatic nitrogens is 1. The van der Waals surface area contributed by atoms with E-state index in [0.29, 0.717) is 5.56 Å². The van der Waals surface area contributed by atoms with E-state index in [-0.39, 0.29) is 11.3 Å². The van der Waals surface area contributed by atoms with Gasteiger partial charge in [0.2, 0.25) is 5.13 Å². The molecule has 0 saturated heterocycles. The molecule has 0 bridgehead atoms. The second-order valence-corrected chi connectivity index (χ2v) is 8.68. The van der Waals surface area contributed by atoms with Gasteiger partial charge in [-0.1, -0.05) is 44.2 Å². The normalized spacial score (nSPS) is 11.3. The zero-order valence-corrected chi connectivity index (χ0v) is 17.1. The molecule has 3 rings (SSSR count). The second kappa shape index (κ2) is 7.48. The molecule has 2 N–H and O–H groups in total. The van der Waals surface area contributed by atoms with Gasteiger partial charge in [-0.15, -0.1) is 0 Å². The fourth-order valence-electron chi connectivity index (χ4n) is 2.54. The molecule has 1 amide bonds. The lowest BCUT2D eigenvalue weighted by Crippen LogP contribution is -2.14. The average Bonchev–Trinajstić information content (AvgIpc) is 3.01. The van der Waals surface area contributed by atoms with E-state index in [4.69, 9.17) is 0 Å². The van der Waals surface area contributed by atoms with Gasteiger partial charge in [-0.05, 0) is 55.2 Å². The summed E-state index contributed by atoms with van der Waals surface area (Å²) in [7, 11) is 0. The van der Waals surface area contributed by atoms with Gasteiger partial charge in [-0.25, -0.2) is 4.98 Å². The average molecular weight is 381 g/mol. The van der Waals surface area contributed by atoms with E-state index in [1.54, 1.807) is 0 Å². The number of hydrogen-bond acceptors (Lipinski definition) is 5. The maximum absolute atomic E-state index is 12.5. The van der Waals surface area contributed by atoms with Crippen LogP contribution < -0.4 is 10.7 Å². The van der Waals surface area contributed by atoms with Crippen LogP contribution >= 0.6 is 11.3 Å². The second-order valence-electron chi connectivity index (χ2n) is 7.65. The quantitative estimate of drug-likeness (QED) is 0.454. The zero-order valence-electron chi connectivity index (χ0n) is 16.3. The smallest absolute Gasteiger partial charge is 0.255 e. The SMILES string of the molecule is CC(C)=NNc1nc2cc(NC(=O)c3ccc(C(C)(C)C)cc3)ccc2s1. The minimum absolute atomic E-state index is 0.0662. The molecule has 0 radical (unpaired) electrons. The van der Waals surface area contributed by atoms with E-state index in [2.05, 4.69) is 41.6 Å². The third-order valence-electron chi connectivity index (χ3n) is 4.03. The van der Waals surface area contributed by atoms with Crippen LogP contribution in [-0.2, 0) is 5.41 Å². The molecule has 0 aliphatic rings. The predicted molar refractivity (Wildman–Crippen MR) is 115 cm³/mol. The van der Waals surface area contributed by atoms with Crippen molar-refractivity contribution in [3.63, 3.8) is 0 Å². The van der Waals surface area contributed by atoms with Crippen LogP contribution in [-0.4, -0.2) is 16.6 Å². The number of thiazole rings is 1. The Morgan fingerprint density at radius 3 is 2.41 bits per heavy atom. The molecule has 0 aliphatic carbocycles. The summed E-state index contributed by atoms with van der Waals surface area (Å²) in [6, 6.07) is 13.5. The van der Waals surface area contributed by atoms with Crippen molar-refractivity contribution in [3.05, 3.63) is 53.6 Å². The highest BCUT2D eigenvalue weighted by atomic mass is 32.1. The molecule has 0 aliphatic heterocycles. The van der Waals surface area contributed by atoms with Crippen LogP contribution in [0.25, 0.3) is 10.2 Å². The molecule has 0 spiro atoms. The van der Waals surface area contributed by atoms with E-state index in [0.717, 1.165) is 26.7 Å². The van der Waals surface area contributed by atoms with E-state index in [1.165, 1.54) is 16.9 Å². The van der Waals surface area contributed by atoms with Gasteiger partial charge in [0.15, 0.2) is 0 Å². The molecule has 140 valence electrons. The Bertz CT molecular complexity index is 993. The lowest BCUT2D eigenvalue weighted by atomic mass is 9.87. The molecular formula is C21H24N4OS. The molecule has 1 aromatic heterocycles. The maximum Gasteiger partial charge on any atom is 0.255 e. The van der Waals surface area contributed by atoms with Crippen molar-refractivity contribution >= 4 is 44.0 Å². The van der Waals surface area contributed by atoms with Gasteiger partial charge < -0.3 is 5.32 Å². The van der Waals surface area contributed by atoms with E-state index < -0.39 is 0 Å². The van der Waals surface area contributed by atoms with Gasteiger partial charge in [0, 0.05) is 17.0 Å². The van der Waals surface area contributed by atoms with Crippen LogP contribution in [0.15, 0.2) is 47.6 Å². The molecule has 0 unspecified atom stereocenters. The lowest BCUT2D eigenvalue weighted by molar-refractivity contribution is 0.102. The number of hydrogen-bond donors (Lipinski definition) is 2. The largest absolute Gasteiger partial charge is 0.322 e. The summed E-state index contributed by atoms with van der Waals surface area (Å²) in [6.45, 7) is 10.3. The number of nitrogens with one attached hydrogen (secondary N) is 2. The summed E-state index contributed by atoms with van der Waals surface area (Å²) in [5.74, 6) is -0.130. The molecule has 3 aromatic rings. The summed E-state index contributed by atoms with van der Waals surface area (Å²) in [6.07, 6.45) is 0. The van der Waals surface area contributed by atoms with Crippen molar-refractivity contribution in [1.82, 2.24) is 4.98 Å². The van der Waals surface area contributed by atoms with Gasteiger partial charge >= 0.3 is 0 Å². The van der Waals surface area contributed by atoms with Crippen LogP contribution in [0.3, 0.4) is 0 Å². The summed E-state index contributed by atoms with van der Waals surface area (Å²) < 4.78 is 1.04. The Hall–Kier alpha value is -2.73. The highest BCUT2D eigenvalue weighted by Gasteiger charge is 2.14. The topological polar surface area (TPSA) is 66.4 Å². The third-order valence-corrected chi connectivity index (χ3v) is 4.97. The number of amides is 1. The fraction of sp³-hybridized carbons (Fsp3) is 0.286. The Morgan fingerprint density at radius 2 is 1.78 bits per heavy atom. The summed E-state index contributed by atoms with van der Waals surface area (Å²) >= 11 is 1.53. The Labute approximate surface area is 163 Å². The van der Waals surface area contributed by atoms with E-state index >= 15 is 0 Å². The van der Waals surface area contributed by atoms with Crippen molar-refractivity contribution in [3.8, 4) is 0 Å². The van der Waals surface area contributed by atoms with Gasteiger partial charge in [0.25, 0.3) is 5.91 Å². The number of anilines is 2. The van der Waals surface area contributed by atoms with Crippen LogP contribution in [0.1, 0.15) is 50.5 Å². The van der Waals surface area contributed by atoms with E-state index in [1.807, 2.05) is 56.3 Å². The first-order valence-electron chi connectivity index (χ1n) is 8.82. The zero-order chi connectivity index (χ0) is 19.6. The number of fused-ring (bicyclic) bond motifs is 1. The summed E-state index contributed by atoms with van der Waals surface area (Å²) in [5.41, 5.74) is 7.33. The molecule has 27 heavy (non-hydrogen) atoms. The standard InChI is InChI=1S/C21H24N4OS/c1-13(2)24-25-20-23-17-12-16(10-11-18(17)27-20)22-19(26)14-6-8-15(9-7-14)21(3,4)5/h6-12H,1-5H3,(H,22,26)(H,23,25). The van der Waals surface area contributed by atoms with Crippen LogP contribution in [0.5, 0.6) is 0 Å². The highest BCUT2D eigenvalue weighted by molar-refractivity contribution is 7.22. The Morgan fingerprint density at radius 1 is 1.07 bits per heavy atom. The van der Waals surface area contributed by atoms with Crippen molar-refractivity contribution < 1.29 is 4.79 Å². The number of benzene rings is 2. The maximum atomic E-state index is 12.5. The monoisotopic (exact) mass is 380 g/mol. The van der Waals surface area contributed by atoms with Gasteiger partial charge in [-0.3, -0.25) is 10.2 Å². The van der Waals surface area contributed by atoms with Crippen LogP contribution in [0.2, 0.25) is 0 Å². The molecule has 5 nitrogen and oxygen atoms in total. The molecule has 1 heterocycles. The number of carbonyl (C=O) groups is 1. The van der Waals surface area contributed by atoms with Gasteiger partial charge in [0.05, 0.1) is 10.2 Å². The summed E-state index contributed by atoms with van der Waals surface area (Å²) in [5, 5.41) is 7.84. The minimum atomic E-state index is -0.130. The third kappa shape index (κ3) is 4.71. The summed E-state index contributed by atoms with van der Waals surface area (Å²) in [4.78, 5) is 17.0. The number of nitrogens with zero attached hydrogens (tertiary/aromatic N) is 2. The van der Waals surface area contributed by atoms with Gasteiger partial charge in [-0.2, -0.15) is 5.10 Å². The highest BCUT2D eigenvalue weighted by Crippen LogP contribution is 2.28. The molecule has 6 heteroatoms. The Kier molecular flexibility index (Phi) is 5.28. The molecule has 2 aromatic carbocycles. The predicted octanol–water partition coefficient (Wildman–Crippen LogP) is 5.65. The van der Waals surface area contributed by atoms with E-state index in [9.17, 15) is 4.79 Å². The lowest BCUT2D eigenvalue weighted by Gasteiger charge is -2.19. The molecule has 0 saturated carbocycles. The van der Waals surface area contributed by atoms with Crippen LogP contribution in [0.4, 0.5) is 10.8 Å². The first kappa shape index (κ1) is 19.0. The van der Waals surface area contributed by atoms with Crippen molar-refractivity contribution in [2.45, 2.75) is 40.0 Å². The molecular weight excluding hydrogens is 356 g/mol. The van der Waals surface area contributed by atoms with Crippen molar-refractivity contribution in [2.75, 3.05) is 10.7 Å². The number of carbonyl (C=O) groups excluding carboxylic acids is 1. The Balaban J connectivity index is 1.75. The molecule has 0 fully saturated rings. The number of hydrazone groups is 1. The minimum Gasteiger partial charge on any atom is -0.322 e. The van der Waals surface area contributed by atoms with Crippen molar-refractivity contribution in [2.24, 2.45) is 5.10 Å². The first-order valence-corrected chi connectivity index (χ1v) is 9.63. The van der Waals surface area contributed by atoms with Gasteiger partial charge in [0.1, 0.15) is 0 Å². The van der Waals surface area contributed by atoms with Crippen LogP contribution in [0, 0.1) is 0 Å².